The molecule has 1 fully saturated rings. The SMILES string of the molecule is O=C1NCC2(CCN(C(=O)CC3Cc4ccccc4O3)CC2)Oc2ccccc21. The molecule has 1 N–H and O–H groups in total. The Balaban J connectivity index is 1.21. The Kier molecular flexibility index (Phi) is 4.42. The van der Waals surface area contributed by atoms with Gasteiger partial charge in [-0.05, 0) is 23.8 Å². The van der Waals surface area contributed by atoms with Crippen molar-refractivity contribution >= 4 is 11.8 Å². The number of nitrogens with one attached hydrogen (secondary N) is 1. The minimum absolute atomic E-state index is 0.0870. The van der Waals surface area contributed by atoms with E-state index in [1.807, 2.05) is 41.3 Å². The molecule has 2 aromatic carbocycles. The zero-order valence-electron chi connectivity index (χ0n) is 16.2. The maximum Gasteiger partial charge on any atom is 0.255 e. The molecule has 2 amide bonds. The van der Waals surface area contributed by atoms with E-state index in [-0.39, 0.29) is 17.9 Å². The van der Waals surface area contributed by atoms with Gasteiger partial charge in [-0.1, -0.05) is 30.3 Å². The molecule has 0 aromatic heterocycles. The van der Waals surface area contributed by atoms with Gasteiger partial charge in [0, 0.05) is 32.4 Å². The Hall–Kier alpha value is -3.02. The fraction of sp³-hybridized carbons (Fsp3) is 0.391. The van der Waals surface area contributed by atoms with Crippen LogP contribution in [0.25, 0.3) is 0 Å². The number of rotatable bonds is 2. The quantitative estimate of drug-likeness (QED) is 0.853. The maximum atomic E-state index is 12.8. The summed E-state index contributed by atoms with van der Waals surface area (Å²) >= 11 is 0. The fourth-order valence-electron chi connectivity index (χ4n) is 4.48. The maximum absolute atomic E-state index is 12.8. The number of amides is 2. The van der Waals surface area contributed by atoms with Gasteiger partial charge in [-0.2, -0.15) is 0 Å². The van der Waals surface area contributed by atoms with Crippen LogP contribution in [0.15, 0.2) is 48.5 Å². The number of nitrogens with zero attached hydrogens (tertiary/aromatic N) is 1. The van der Waals surface area contributed by atoms with Gasteiger partial charge in [-0.25, -0.2) is 0 Å². The van der Waals surface area contributed by atoms with Crippen molar-refractivity contribution in [2.45, 2.75) is 37.4 Å². The molecule has 1 unspecified atom stereocenters. The summed E-state index contributed by atoms with van der Waals surface area (Å²) in [5.74, 6) is 1.54. The summed E-state index contributed by atoms with van der Waals surface area (Å²) in [7, 11) is 0. The van der Waals surface area contributed by atoms with Crippen molar-refractivity contribution in [3.05, 3.63) is 59.7 Å². The van der Waals surface area contributed by atoms with Gasteiger partial charge < -0.3 is 19.7 Å². The van der Waals surface area contributed by atoms with E-state index in [0.29, 0.717) is 50.2 Å². The van der Waals surface area contributed by atoms with Crippen LogP contribution in [0.5, 0.6) is 11.5 Å². The second kappa shape index (κ2) is 7.10. The number of para-hydroxylation sites is 2. The van der Waals surface area contributed by atoms with Crippen LogP contribution in [0, 0.1) is 0 Å². The summed E-state index contributed by atoms with van der Waals surface area (Å²) in [5, 5.41) is 2.99. The van der Waals surface area contributed by atoms with Gasteiger partial charge in [0.25, 0.3) is 5.91 Å². The van der Waals surface area contributed by atoms with Crippen LogP contribution in [0.2, 0.25) is 0 Å². The highest BCUT2D eigenvalue weighted by atomic mass is 16.5. The Morgan fingerprint density at radius 3 is 2.59 bits per heavy atom. The molecule has 6 heteroatoms. The summed E-state index contributed by atoms with van der Waals surface area (Å²) in [6.45, 7) is 1.71. The molecule has 0 radical (unpaired) electrons. The number of benzene rings is 2. The summed E-state index contributed by atoms with van der Waals surface area (Å²) in [5.41, 5.74) is 1.28. The second-order valence-corrected chi connectivity index (χ2v) is 8.10. The summed E-state index contributed by atoms with van der Waals surface area (Å²) < 4.78 is 12.2. The molecule has 2 aromatic rings. The molecule has 0 bridgehead atoms. The van der Waals surface area contributed by atoms with E-state index in [0.717, 1.165) is 12.2 Å². The minimum Gasteiger partial charge on any atom is -0.489 e. The standard InChI is InChI=1S/C23H24N2O4/c26-21(14-17-13-16-5-1-3-7-19(16)28-17)25-11-9-23(10-12-25)15-24-22(27)18-6-2-4-8-20(18)29-23/h1-8,17H,9-15H2,(H,24,27). The zero-order chi connectivity index (χ0) is 19.8. The molecule has 6 nitrogen and oxygen atoms in total. The average molecular weight is 392 g/mol. The van der Waals surface area contributed by atoms with Gasteiger partial charge in [0.15, 0.2) is 0 Å². The van der Waals surface area contributed by atoms with Crippen LogP contribution in [0.3, 0.4) is 0 Å². The van der Waals surface area contributed by atoms with E-state index in [1.54, 1.807) is 6.07 Å². The third kappa shape index (κ3) is 3.43. The highest BCUT2D eigenvalue weighted by molar-refractivity contribution is 5.97. The molecule has 0 saturated carbocycles. The van der Waals surface area contributed by atoms with E-state index in [9.17, 15) is 9.59 Å². The number of carbonyl (C=O) groups excluding carboxylic acids is 2. The van der Waals surface area contributed by atoms with Crippen molar-refractivity contribution in [1.82, 2.24) is 10.2 Å². The normalized spacial score (nSPS) is 22.0. The van der Waals surface area contributed by atoms with Crippen LogP contribution < -0.4 is 14.8 Å². The lowest BCUT2D eigenvalue weighted by molar-refractivity contribution is -0.136. The van der Waals surface area contributed by atoms with Crippen molar-refractivity contribution in [2.24, 2.45) is 0 Å². The Morgan fingerprint density at radius 1 is 1.07 bits per heavy atom. The first-order valence-electron chi connectivity index (χ1n) is 10.2. The van der Waals surface area contributed by atoms with Crippen LogP contribution in [-0.4, -0.2) is 48.1 Å². The number of hydrogen-bond donors (Lipinski definition) is 1. The third-order valence-corrected chi connectivity index (χ3v) is 6.17. The molecule has 29 heavy (non-hydrogen) atoms. The number of likely N-dealkylation sites (tertiary alicyclic amines) is 1. The smallest absolute Gasteiger partial charge is 0.255 e. The molecular weight excluding hydrogens is 368 g/mol. The summed E-state index contributed by atoms with van der Waals surface area (Å²) in [6, 6.07) is 15.3. The molecule has 1 saturated heterocycles. The number of carbonyl (C=O) groups is 2. The van der Waals surface area contributed by atoms with Crippen molar-refractivity contribution < 1.29 is 19.1 Å². The molecule has 3 aliphatic heterocycles. The van der Waals surface area contributed by atoms with Crippen LogP contribution in [0.4, 0.5) is 0 Å². The predicted octanol–water partition coefficient (Wildman–Crippen LogP) is 2.56. The van der Waals surface area contributed by atoms with Gasteiger partial charge in [-0.15, -0.1) is 0 Å². The molecule has 3 heterocycles. The first-order chi connectivity index (χ1) is 14.1. The molecular formula is C23H24N2O4. The Morgan fingerprint density at radius 2 is 1.79 bits per heavy atom. The van der Waals surface area contributed by atoms with Gasteiger partial charge in [0.2, 0.25) is 5.91 Å². The third-order valence-electron chi connectivity index (χ3n) is 6.17. The van der Waals surface area contributed by atoms with Crippen LogP contribution in [0.1, 0.15) is 35.2 Å². The van der Waals surface area contributed by atoms with Crippen LogP contribution >= 0.6 is 0 Å². The molecule has 1 spiro atoms. The van der Waals surface area contributed by atoms with E-state index >= 15 is 0 Å². The van der Waals surface area contributed by atoms with Gasteiger partial charge >= 0.3 is 0 Å². The number of fused-ring (bicyclic) bond motifs is 2. The van der Waals surface area contributed by atoms with Gasteiger partial charge in [0.05, 0.1) is 18.5 Å². The van der Waals surface area contributed by atoms with Crippen LogP contribution in [-0.2, 0) is 11.2 Å². The fourth-order valence-corrected chi connectivity index (χ4v) is 4.48. The lowest BCUT2D eigenvalue weighted by Gasteiger charge is -2.41. The topological polar surface area (TPSA) is 67.9 Å². The summed E-state index contributed by atoms with van der Waals surface area (Å²) in [4.78, 5) is 27.1. The molecule has 1 atom stereocenters. The monoisotopic (exact) mass is 392 g/mol. The number of ether oxygens (including phenoxy) is 2. The van der Waals surface area contributed by atoms with Crippen molar-refractivity contribution in [1.29, 1.82) is 0 Å². The van der Waals surface area contributed by atoms with Gasteiger partial charge in [0.1, 0.15) is 23.2 Å². The number of piperidine rings is 1. The van der Waals surface area contributed by atoms with E-state index in [1.165, 1.54) is 5.56 Å². The van der Waals surface area contributed by atoms with Gasteiger partial charge in [-0.3, -0.25) is 9.59 Å². The Labute approximate surface area is 169 Å². The highest BCUT2D eigenvalue weighted by Gasteiger charge is 2.41. The van der Waals surface area contributed by atoms with E-state index < -0.39 is 5.60 Å². The molecule has 3 aliphatic rings. The first kappa shape index (κ1) is 18.0. The lowest BCUT2D eigenvalue weighted by atomic mass is 9.90. The lowest BCUT2D eigenvalue weighted by Crippen LogP contribution is -2.54. The first-order valence-corrected chi connectivity index (χ1v) is 10.2. The summed E-state index contributed by atoms with van der Waals surface area (Å²) in [6.07, 6.45) is 2.47. The predicted molar refractivity (Wildman–Crippen MR) is 107 cm³/mol. The molecule has 0 aliphatic carbocycles. The largest absolute Gasteiger partial charge is 0.489 e. The molecule has 150 valence electrons. The molecule has 5 rings (SSSR count). The minimum atomic E-state index is -0.459. The van der Waals surface area contributed by atoms with Crippen molar-refractivity contribution in [3.8, 4) is 11.5 Å². The number of hydrogen-bond acceptors (Lipinski definition) is 4. The van der Waals surface area contributed by atoms with Crippen molar-refractivity contribution in [3.63, 3.8) is 0 Å². The van der Waals surface area contributed by atoms with E-state index in [2.05, 4.69) is 11.4 Å². The van der Waals surface area contributed by atoms with E-state index in [4.69, 9.17) is 9.47 Å². The second-order valence-electron chi connectivity index (χ2n) is 8.10. The van der Waals surface area contributed by atoms with Crippen molar-refractivity contribution in [2.75, 3.05) is 19.6 Å². The highest BCUT2D eigenvalue weighted by Crippen LogP contribution is 2.34. The average Bonchev–Trinajstić information content (AvgIpc) is 3.09. The Bertz CT molecular complexity index is 924. The zero-order valence-corrected chi connectivity index (χ0v) is 16.2.